The number of carbonyl (C=O) groups excluding carboxylic acids is 1. The summed E-state index contributed by atoms with van der Waals surface area (Å²) in [6, 6.07) is 3.76. The van der Waals surface area contributed by atoms with E-state index in [2.05, 4.69) is 30.7 Å². The molecule has 0 saturated heterocycles. The first-order valence-electron chi connectivity index (χ1n) is 7.60. The summed E-state index contributed by atoms with van der Waals surface area (Å²) in [7, 11) is 1.86. The number of pyridine rings is 1. The average molecular weight is 375 g/mol. The van der Waals surface area contributed by atoms with E-state index in [0.717, 1.165) is 10.6 Å². The lowest BCUT2D eigenvalue weighted by Gasteiger charge is -2.03. The fraction of sp³-hybridized carbons (Fsp3) is 0.333. The van der Waals surface area contributed by atoms with Crippen LogP contribution in [0.3, 0.4) is 0 Å². The van der Waals surface area contributed by atoms with Crippen LogP contribution in [0.2, 0.25) is 0 Å². The minimum atomic E-state index is -0.151. The number of thioether (sulfide) groups is 1. The molecular weight excluding hydrogens is 358 g/mol. The number of hydrogen-bond acceptors (Lipinski definition) is 8. The summed E-state index contributed by atoms with van der Waals surface area (Å²) in [6.45, 7) is 4.08. The van der Waals surface area contributed by atoms with Crippen molar-refractivity contribution in [3.05, 3.63) is 29.5 Å². The van der Waals surface area contributed by atoms with Crippen LogP contribution in [0.4, 0.5) is 5.13 Å². The van der Waals surface area contributed by atoms with Crippen molar-refractivity contribution in [2.24, 2.45) is 7.05 Å². The van der Waals surface area contributed by atoms with E-state index in [1.54, 1.807) is 12.4 Å². The SMILES string of the molecule is CC(C)c1nnc(NC(=O)CSc2nnc(-c3cccnc3)n2C)s1. The minimum Gasteiger partial charge on any atom is -0.305 e. The van der Waals surface area contributed by atoms with Gasteiger partial charge in [0.1, 0.15) is 5.01 Å². The van der Waals surface area contributed by atoms with Crippen LogP contribution in [0.5, 0.6) is 0 Å². The van der Waals surface area contributed by atoms with E-state index >= 15 is 0 Å². The smallest absolute Gasteiger partial charge is 0.236 e. The van der Waals surface area contributed by atoms with Crippen molar-refractivity contribution in [3.63, 3.8) is 0 Å². The van der Waals surface area contributed by atoms with Crippen molar-refractivity contribution in [1.82, 2.24) is 29.9 Å². The third-order valence-corrected chi connectivity index (χ3v) is 5.43. The molecule has 8 nitrogen and oxygen atoms in total. The van der Waals surface area contributed by atoms with E-state index in [-0.39, 0.29) is 11.7 Å². The fourth-order valence-electron chi connectivity index (χ4n) is 1.99. The lowest BCUT2D eigenvalue weighted by molar-refractivity contribution is -0.113. The van der Waals surface area contributed by atoms with Crippen molar-refractivity contribution >= 4 is 34.1 Å². The van der Waals surface area contributed by atoms with Crippen molar-refractivity contribution in [3.8, 4) is 11.4 Å². The second-order valence-corrected chi connectivity index (χ2v) is 7.50. The molecule has 0 saturated carbocycles. The summed E-state index contributed by atoms with van der Waals surface area (Å²) in [5.74, 6) is 1.07. The van der Waals surface area contributed by atoms with Gasteiger partial charge in [0.15, 0.2) is 11.0 Å². The van der Waals surface area contributed by atoms with E-state index in [4.69, 9.17) is 0 Å². The highest BCUT2D eigenvalue weighted by Gasteiger charge is 2.14. The van der Waals surface area contributed by atoms with Gasteiger partial charge in [0, 0.05) is 30.9 Å². The summed E-state index contributed by atoms with van der Waals surface area (Å²) in [6.07, 6.45) is 3.44. The molecular formula is C15H17N7OS2. The largest absolute Gasteiger partial charge is 0.305 e. The maximum atomic E-state index is 12.1. The molecule has 0 unspecified atom stereocenters. The normalized spacial score (nSPS) is 11.0. The maximum absolute atomic E-state index is 12.1. The molecule has 0 bridgehead atoms. The molecule has 0 aliphatic heterocycles. The van der Waals surface area contributed by atoms with E-state index in [0.29, 0.717) is 22.0 Å². The molecule has 0 radical (unpaired) electrons. The Balaban J connectivity index is 1.60. The fourth-order valence-corrected chi connectivity index (χ4v) is 3.46. The molecule has 3 aromatic rings. The van der Waals surface area contributed by atoms with E-state index in [9.17, 15) is 4.79 Å². The number of nitrogens with zero attached hydrogens (tertiary/aromatic N) is 6. The highest BCUT2D eigenvalue weighted by atomic mass is 32.2. The van der Waals surface area contributed by atoms with E-state index in [1.165, 1.54) is 23.1 Å². The molecule has 1 N–H and O–H groups in total. The van der Waals surface area contributed by atoms with Gasteiger partial charge in [-0.25, -0.2) is 0 Å². The Morgan fingerprint density at radius 1 is 1.32 bits per heavy atom. The van der Waals surface area contributed by atoms with Gasteiger partial charge in [-0.1, -0.05) is 36.9 Å². The Bertz CT molecular complexity index is 860. The number of carbonyl (C=O) groups is 1. The van der Waals surface area contributed by atoms with Gasteiger partial charge in [0.05, 0.1) is 5.75 Å². The predicted molar refractivity (Wildman–Crippen MR) is 97.6 cm³/mol. The number of nitrogens with one attached hydrogen (secondary N) is 1. The Morgan fingerprint density at radius 2 is 2.16 bits per heavy atom. The van der Waals surface area contributed by atoms with Crippen molar-refractivity contribution < 1.29 is 4.79 Å². The topological polar surface area (TPSA) is 98.5 Å². The van der Waals surface area contributed by atoms with Crippen LogP contribution in [-0.2, 0) is 11.8 Å². The van der Waals surface area contributed by atoms with Gasteiger partial charge >= 0.3 is 0 Å². The summed E-state index contributed by atoms with van der Waals surface area (Å²) in [4.78, 5) is 16.2. The predicted octanol–water partition coefficient (Wildman–Crippen LogP) is 2.58. The second-order valence-electron chi connectivity index (χ2n) is 5.54. The number of amides is 1. The Hall–Kier alpha value is -2.33. The van der Waals surface area contributed by atoms with Gasteiger partial charge < -0.3 is 4.57 Å². The molecule has 25 heavy (non-hydrogen) atoms. The quantitative estimate of drug-likeness (QED) is 0.661. The zero-order valence-electron chi connectivity index (χ0n) is 14.0. The minimum absolute atomic E-state index is 0.151. The van der Waals surface area contributed by atoms with Gasteiger partial charge in [0.25, 0.3) is 0 Å². The van der Waals surface area contributed by atoms with Crippen LogP contribution in [0.1, 0.15) is 24.8 Å². The first kappa shape index (κ1) is 17.5. The molecule has 0 spiro atoms. The van der Waals surface area contributed by atoms with E-state index in [1.807, 2.05) is 37.6 Å². The van der Waals surface area contributed by atoms with Crippen LogP contribution in [-0.4, -0.2) is 41.6 Å². The lowest BCUT2D eigenvalue weighted by atomic mass is 10.2. The van der Waals surface area contributed by atoms with E-state index < -0.39 is 0 Å². The van der Waals surface area contributed by atoms with Gasteiger partial charge in [-0.2, -0.15) is 0 Å². The Kier molecular flexibility index (Phi) is 5.39. The molecule has 3 rings (SSSR count). The lowest BCUT2D eigenvalue weighted by Crippen LogP contribution is -2.14. The molecule has 3 aromatic heterocycles. The van der Waals surface area contributed by atoms with Crippen LogP contribution in [0, 0.1) is 0 Å². The van der Waals surface area contributed by atoms with Crippen LogP contribution in [0.25, 0.3) is 11.4 Å². The first-order valence-corrected chi connectivity index (χ1v) is 9.40. The van der Waals surface area contributed by atoms with Gasteiger partial charge in [-0.05, 0) is 12.1 Å². The Labute approximate surface area is 153 Å². The standard InChI is InChI=1S/C15H17N7OS2/c1-9(2)13-19-20-14(25-13)17-11(23)8-24-15-21-18-12(22(15)3)10-5-4-6-16-7-10/h4-7,9H,8H2,1-3H3,(H,17,20,23). The van der Waals surface area contributed by atoms with Crippen LogP contribution >= 0.6 is 23.1 Å². The summed E-state index contributed by atoms with van der Waals surface area (Å²) < 4.78 is 1.84. The molecule has 10 heteroatoms. The monoisotopic (exact) mass is 375 g/mol. The maximum Gasteiger partial charge on any atom is 0.236 e. The molecule has 3 heterocycles. The molecule has 0 aliphatic rings. The molecule has 0 aromatic carbocycles. The van der Waals surface area contributed by atoms with Crippen molar-refractivity contribution in [2.75, 3.05) is 11.1 Å². The second kappa shape index (κ2) is 7.70. The zero-order chi connectivity index (χ0) is 17.8. The zero-order valence-corrected chi connectivity index (χ0v) is 15.6. The summed E-state index contributed by atoms with van der Waals surface area (Å²) >= 11 is 2.71. The highest BCUT2D eigenvalue weighted by Crippen LogP contribution is 2.24. The molecule has 1 amide bonds. The number of anilines is 1. The van der Waals surface area contributed by atoms with Gasteiger partial charge in [-0.3, -0.25) is 15.1 Å². The molecule has 130 valence electrons. The van der Waals surface area contributed by atoms with Crippen molar-refractivity contribution in [2.45, 2.75) is 24.9 Å². The number of aromatic nitrogens is 6. The third-order valence-electron chi connectivity index (χ3n) is 3.27. The Morgan fingerprint density at radius 3 is 2.84 bits per heavy atom. The average Bonchev–Trinajstić information content (AvgIpc) is 3.21. The van der Waals surface area contributed by atoms with Crippen LogP contribution < -0.4 is 5.32 Å². The summed E-state index contributed by atoms with van der Waals surface area (Å²) in [5, 5.41) is 21.2. The molecule has 0 atom stereocenters. The summed E-state index contributed by atoms with van der Waals surface area (Å²) in [5.41, 5.74) is 0.879. The first-order chi connectivity index (χ1) is 12.0. The highest BCUT2D eigenvalue weighted by molar-refractivity contribution is 7.99. The van der Waals surface area contributed by atoms with Crippen molar-refractivity contribution in [1.29, 1.82) is 0 Å². The van der Waals surface area contributed by atoms with Crippen LogP contribution in [0.15, 0.2) is 29.7 Å². The number of rotatable bonds is 6. The third kappa shape index (κ3) is 4.20. The molecule has 0 aliphatic carbocycles. The molecule has 0 fully saturated rings. The number of hydrogen-bond donors (Lipinski definition) is 1. The van der Waals surface area contributed by atoms with Gasteiger partial charge in [-0.15, -0.1) is 20.4 Å². The van der Waals surface area contributed by atoms with Gasteiger partial charge in [0.2, 0.25) is 11.0 Å².